The van der Waals surface area contributed by atoms with Crippen LogP contribution in [0.25, 0.3) is 11.0 Å². The van der Waals surface area contributed by atoms with Crippen molar-refractivity contribution < 1.29 is 8.81 Å². The number of fused-ring (bicyclic) bond motifs is 2. The predicted molar refractivity (Wildman–Crippen MR) is 67.4 cm³/mol. The number of benzene rings is 1. The van der Waals surface area contributed by atoms with Crippen LogP contribution in [0.2, 0.25) is 0 Å². The first kappa shape index (κ1) is 10.6. The molecule has 4 rings (SSSR count). The molecule has 3 heteroatoms. The van der Waals surface area contributed by atoms with Crippen LogP contribution in [0.1, 0.15) is 31.1 Å². The summed E-state index contributed by atoms with van der Waals surface area (Å²) in [5.74, 6) is 2.58. The molecule has 0 aliphatic heterocycles. The molecule has 0 amide bonds. The van der Waals surface area contributed by atoms with Gasteiger partial charge in [0.05, 0.1) is 6.04 Å². The van der Waals surface area contributed by atoms with Gasteiger partial charge in [0, 0.05) is 5.39 Å². The minimum atomic E-state index is -0.304. The number of hydrogen-bond acceptors (Lipinski definition) is 2. The Labute approximate surface area is 105 Å². The summed E-state index contributed by atoms with van der Waals surface area (Å²) in [5, 5.41) is 0.811. The molecule has 3 unspecified atom stereocenters. The van der Waals surface area contributed by atoms with Crippen molar-refractivity contribution in [3.8, 4) is 0 Å². The molecule has 2 fully saturated rings. The van der Waals surface area contributed by atoms with Crippen LogP contribution in [0.5, 0.6) is 0 Å². The summed E-state index contributed by atoms with van der Waals surface area (Å²) in [6.45, 7) is 0. The van der Waals surface area contributed by atoms with Crippen molar-refractivity contribution in [2.75, 3.05) is 0 Å². The molecule has 2 saturated carbocycles. The van der Waals surface area contributed by atoms with Gasteiger partial charge < -0.3 is 10.2 Å². The molecule has 2 N–H and O–H groups in total. The van der Waals surface area contributed by atoms with Crippen LogP contribution in [0.15, 0.2) is 28.7 Å². The molecule has 2 aliphatic rings. The zero-order valence-corrected chi connectivity index (χ0v) is 10.1. The van der Waals surface area contributed by atoms with E-state index in [1.165, 1.54) is 25.3 Å². The number of rotatable bonds is 2. The Balaban J connectivity index is 1.68. The summed E-state index contributed by atoms with van der Waals surface area (Å²) < 4.78 is 19.2. The summed E-state index contributed by atoms with van der Waals surface area (Å²) in [5.41, 5.74) is 6.63. The molecule has 0 spiro atoms. The van der Waals surface area contributed by atoms with Gasteiger partial charge in [-0.15, -0.1) is 0 Å². The van der Waals surface area contributed by atoms with Crippen LogP contribution in [0, 0.1) is 23.6 Å². The van der Waals surface area contributed by atoms with Crippen molar-refractivity contribution in [1.82, 2.24) is 0 Å². The molecular formula is C15H16FNO. The summed E-state index contributed by atoms with van der Waals surface area (Å²) in [6, 6.07) is 6.83. The summed E-state index contributed by atoms with van der Waals surface area (Å²) in [4.78, 5) is 0. The first-order valence-corrected chi connectivity index (χ1v) is 6.69. The molecule has 1 aromatic carbocycles. The van der Waals surface area contributed by atoms with Crippen molar-refractivity contribution >= 4 is 11.0 Å². The lowest BCUT2D eigenvalue weighted by Gasteiger charge is -2.10. The molecule has 2 aromatic rings. The second-order valence-electron chi connectivity index (χ2n) is 5.67. The topological polar surface area (TPSA) is 39.2 Å². The fourth-order valence-corrected chi connectivity index (χ4v) is 3.81. The third kappa shape index (κ3) is 1.37. The lowest BCUT2D eigenvalue weighted by Crippen LogP contribution is -2.14. The zero-order valence-electron chi connectivity index (χ0n) is 10.1. The predicted octanol–water partition coefficient (Wildman–Crippen LogP) is 3.62. The average molecular weight is 245 g/mol. The van der Waals surface area contributed by atoms with Crippen LogP contribution in [0.3, 0.4) is 0 Å². The molecule has 1 heterocycles. The fourth-order valence-electron chi connectivity index (χ4n) is 3.81. The van der Waals surface area contributed by atoms with Crippen LogP contribution < -0.4 is 5.73 Å². The first-order chi connectivity index (χ1) is 8.75. The minimum Gasteiger partial charge on any atom is -0.456 e. The maximum Gasteiger partial charge on any atom is 0.169 e. The van der Waals surface area contributed by atoms with Gasteiger partial charge in [0.15, 0.2) is 11.4 Å². The monoisotopic (exact) mass is 245 g/mol. The van der Waals surface area contributed by atoms with E-state index in [9.17, 15) is 4.39 Å². The van der Waals surface area contributed by atoms with Crippen LogP contribution in [-0.2, 0) is 0 Å². The third-order valence-corrected chi connectivity index (χ3v) is 4.73. The lowest BCUT2D eigenvalue weighted by atomic mass is 10.0. The Hall–Kier alpha value is -1.35. The van der Waals surface area contributed by atoms with Gasteiger partial charge in [0.25, 0.3) is 0 Å². The first-order valence-electron chi connectivity index (χ1n) is 6.69. The van der Waals surface area contributed by atoms with Gasteiger partial charge in [0.2, 0.25) is 0 Å². The average Bonchev–Trinajstić information content (AvgIpc) is 2.79. The van der Waals surface area contributed by atoms with Crippen molar-refractivity contribution in [3.05, 3.63) is 35.8 Å². The molecule has 2 nitrogen and oxygen atoms in total. The molecule has 0 bridgehead atoms. The van der Waals surface area contributed by atoms with Gasteiger partial charge in [-0.2, -0.15) is 0 Å². The quantitative estimate of drug-likeness (QED) is 0.877. The SMILES string of the molecule is NC(c1cc2cccc(F)c2o1)C1C2CCCC21. The summed E-state index contributed by atoms with van der Waals surface area (Å²) in [6.07, 6.45) is 3.95. The van der Waals surface area contributed by atoms with Gasteiger partial charge >= 0.3 is 0 Å². The van der Waals surface area contributed by atoms with Crippen molar-refractivity contribution in [2.45, 2.75) is 25.3 Å². The molecular weight excluding hydrogens is 229 g/mol. The second-order valence-corrected chi connectivity index (χ2v) is 5.67. The second kappa shape index (κ2) is 3.58. The highest BCUT2D eigenvalue weighted by Gasteiger charge is 2.55. The number of nitrogens with two attached hydrogens (primary N) is 1. The van der Waals surface area contributed by atoms with Gasteiger partial charge in [-0.05, 0) is 42.7 Å². The number of furan rings is 1. The molecule has 18 heavy (non-hydrogen) atoms. The van der Waals surface area contributed by atoms with E-state index in [1.54, 1.807) is 6.07 Å². The smallest absolute Gasteiger partial charge is 0.169 e. The highest BCUT2D eigenvalue weighted by Crippen LogP contribution is 2.61. The normalized spacial score (nSPS) is 31.6. The van der Waals surface area contributed by atoms with Gasteiger partial charge in [0.1, 0.15) is 5.76 Å². The third-order valence-electron chi connectivity index (χ3n) is 4.73. The molecule has 0 radical (unpaired) electrons. The van der Waals surface area contributed by atoms with Crippen molar-refractivity contribution in [1.29, 1.82) is 0 Å². The van der Waals surface area contributed by atoms with E-state index in [-0.39, 0.29) is 11.9 Å². The Morgan fingerprint density at radius 1 is 1.28 bits per heavy atom. The maximum atomic E-state index is 13.6. The van der Waals surface area contributed by atoms with Gasteiger partial charge in [-0.3, -0.25) is 0 Å². The number of hydrogen-bond donors (Lipinski definition) is 1. The minimum absolute atomic E-state index is 0.0629. The van der Waals surface area contributed by atoms with Crippen LogP contribution in [-0.4, -0.2) is 0 Å². The Morgan fingerprint density at radius 3 is 2.78 bits per heavy atom. The molecule has 3 atom stereocenters. The summed E-state index contributed by atoms with van der Waals surface area (Å²) >= 11 is 0. The van der Waals surface area contributed by atoms with Crippen LogP contribution >= 0.6 is 0 Å². The van der Waals surface area contributed by atoms with E-state index in [4.69, 9.17) is 10.2 Å². The fraction of sp³-hybridized carbons (Fsp3) is 0.467. The van der Waals surface area contributed by atoms with E-state index in [2.05, 4.69) is 0 Å². The van der Waals surface area contributed by atoms with Gasteiger partial charge in [-0.25, -0.2) is 4.39 Å². The zero-order chi connectivity index (χ0) is 12.3. The standard InChI is InChI=1S/C15H16FNO/c16-11-6-1-3-8-7-12(18-15(8)11)14(17)13-9-4-2-5-10(9)13/h1,3,6-7,9-10,13-14H,2,4-5,17H2. The molecule has 0 saturated heterocycles. The highest BCUT2D eigenvalue weighted by molar-refractivity contribution is 5.78. The number of para-hydroxylation sites is 1. The molecule has 1 aromatic heterocycles. The summed E-state index contributed by atoms with van der Waals surface area (Å²) in [7, 11) is 0. The Kier molecular flexibility index (Phi) is 2.10. The van der Waals surface area contributed by atoms with Crippen molar-refractivity contribution in [2.24, 2.45) is 23.5 Å². The van der Waals surface area contributed by atoms with E-state index < -0.39 is 0 Å². The maximum absolute atomic E-state index is 13.6. The number of halogens is 1. The van der Waals surface area contributed by atoms with Crippen molar-refractivity contribution in [3.63, 3.8) is 0 Å². The highest BCUT2D eigenvalue weighted by atomic mass is 19.1. The van der Waals surface area contributed by atoms with E-state index in [1.807, 2.05) is 12.1 Å². The van der Waals surface area contributed by atoms with E-state index >= 15 is 0 Å². The Morgan fingerprint density at radius 2 is 2.06 bits per heavy atom. The van der Waals surface area contributed by atoms with E-state index in [0.717, 1.165) is 23.0 Å². The van der Waals surface area contributed by atoms with Crippen LogP contribution in [0.4, 0.5) is 4.39 Å². The Bertz CT molecular complexity index is 596. The lowest BCUT2D eigenvalue weighted by molar-refractivity contribution is 0.416. The molecule has 94 valence electrons. The van der Waals surface area contributed by atoms with E-state index in [0.29, 0.717) is 11.5 Å². The van der Waals surface area contributed by atoms with Gasteiger partial charge in [-0.1, -0.05) is 18.6 Å². The largest absolute Gasteiger partial charge is 0.456 e. The molecule has 2 aliphatic carbocycles.